The van der Waals surface area contributed by atoms with Gasteiger partial charge in [-0.25, -0.2) is 0 Å². The molecule has 1 aromatic heterocycles. The van der Waals surface area contributed by atoms with Gasteiger partial charge in [0.2, 0.25) is 5.91 Å². The number of amides is 2. The Hall–Kier alpha value is -2.63. The minimum atomic E-state index is -0.267. The van der Waals surface area contributed by atoms with Crippen LogP contribution in [0.25, 0.3) is 0 Å². The van der Waals surface area contributed by atoms with Crippen molar-refractivity contribution in [2.45, 2.75) is 77.4 Å². The fourth-order valence-corrected chi connectivity index (χ4v) is 4.22. The summed E-state index contributed by atoms with van der Waals surface area (Å²) in [7, 11) is 0. The van der Waals surface area contributed by atoms with Crippen molar-refractivity contribution >= 4 is 11.8 Å². The number of nitrogens with one attached hydrogen (secondary N) is 1. The Morgan fingerprint density at radius 3 is 2.57 bits per heavy atom. The third-order valence-corrected chi connectivity index (χ3v) is 6.24. The van der Waals surface area contributed by atoms with Gasteiger partial charge in [0.05, 0.1) is 6.54 Å². The molecule has 2 amide bonds. The highest BCUT2D eigenvalue weighted by Gasteiger charge is 2.33. The number of rotatable bonds is 9. The number of hydrogen-bond acceptors (Lipinski definition) is 4. The van der Waals surface area contributed by atoms with E-state index in [1.54, 1.807) is 6.07 Å². The van der Waals surface area contributed by atoms with Crippen molar-refractivity contribution in [3.05, 3.63) is 52.9 Å². The van der Waals surface area contributed by atoms with E-state index >= 15 is 0 Å². The fourth-order valence-electron chi connectivity index (χ4n) is 4.22. The van der Waals surface area contributed by atoms with Crippen LogP contribution in [0.5, 0.6) is 0 Å². The lowest BCUT2D eigenvalue weighted by atomic mass is 10.0. The van der Waals surface area contributed by atoms with Crippen LogP contribution in [-0.2, 0) is 17.9 Å². The SMILES string of the molecule is Cc1ccc(CNC(=O)c2cc(CN(C(=O)CCC3CCCC3)C3CC3)on2)cc1. The van der Waals surface area contributed by atoms with Crippen LogP contribution < -0.4 is 5.32 Å². The van der Waals surface area contributed by atoms with Crippen LogP contribution in [0.2, 0.25) is 0 Å². The van der Waals surface area contributed by atoms with E-state index in [-0.39, 0.29) is 17.5 Å². The van der Waals surface area contributed by atoms with Gasteiger partial charge < -0.3 is 14.7 Å². The second kappa shape index (κ2) is 9.45. The molecule has 0 atom stereocenters. The van der Waals surface area contributed by atoms with E-state index in [0.717, 1.165) is 24.8 Å². The van der Waals surface area contributed by atoms with Crippen LogP contribution >= 0.6 is 0 Å². The van der Waals surface area contributed by atoms with E-state index in [0.29, 0.717) is 37.2 Å². The molecule has 2 aromatic rings. The number of nitrogens with zero attached hydrogens (tertiary/aromatic N) is 2. The van der Waals surface area contributed by atoms with E-state index in [9.17, 15) is 9.59 Å². The van der Waals surface area contributed by atoms with Crippen LogP contribution in [-0.4, -0.2) is 27.9 Å². The Morgan fingerprint density at radius 2 is 1.87 bits per heavy atom. The first-order valence-electron chi connectivity index (χ1n) is 11.2. The van der Waals surface area contributed by atoms with Crippen molar-refractivity contribution in [2.24, 2.45) is 5.92 Å². The first-order chi connectivity index (χ1) is 14.6. The molecular formula is C24H31N3O3. The van der Waals surface area contributed by atoms with Gasteiger partial charge in [-0.1, -0.05) is 60.7 Å². The molecule has 1 N–H and O–H groups in total. The summed E-state index contributed by atoms with van der Waals surface area (Å²) in [6, 6.07) is 10.00. The molecule has 1 aromatic carbocycles. The smallest absolute Gasteiger partial charge is 0.273 e. The Bertz CT molecular complexity index is 864. The summed E-state index contributed by atoms with van der Waals surface area (Å²) >= 11 is 0. The molecule has 160 valence electrons. The highest BCUT2D eigenvalue weighted by molar-refractivity contribution is 5.92. The van der Waals surface area contributed by atoms with Crippen LogP contribution in [0.15, 0.2) is 34.9 Å². The normalized spacial score (nSPS) is 16.6. The van der Waals surface area contributed by atoms with Gasteiger partial charge in [0.15, 0.2) is 11.5 Å². The summed E-state index contributed by atoms with van der Waals surface area (Å²) in [5.41, 5.74) is 2.47. The zero-order valence-electron chi connectivity index (χ0n) is 17.7. The van der Waals surface area contributed by atoms with Crippen molar-refractivity contribution < 1.29 is 14.1 Å². The third-order valence-electron chi connectivity index (χ3n) is 6.24. The Labute approximate surface area is 178 Å². The zero-order chi connectivity index (χ0) is 20.9. The van der Waals surface area contributed by atoms with Crippen LogP contribution in [0, 0.1) is 12.8 Å². The quantitative estimate of drug-likeness (QED) is 0.667. The van der Waals surface area contributed by atoms with Crippen molar-refractivity contribution in [3.63, 3.8) is 0 Å². The topological polar surface area (TPSA) is 75.4 Å². The summed E-state index contributed by atoms with van der Waals surface area (Å²) in [6.45, 7) is 2.87. The van der Waals surface area contributed by atoms with Gasteiger partial charge in [-0.15, -0.1) is 0 Å². The maximum atomic E-state index is 12.8. The van der Waals surface area contributed by atoms with E-state index in [4.69, 9.17) is 4.52 Å². The Balaban J connectivity index is 1.29. The van der Waals surface area contributed by atoms with Crippen molar-refractivity contribution in [3.8, 4) is 0 Å². The fraction of sp³-hybridized carbons (Fsp3) is 0.542. The first kappa shape index (κ1) is 20.6. The Kier molecular flexibility index (Phi) is 6.50. The van der Waals surface area contributed by atoms with Gasteiger partial charge in [-0.3, -0.25) is 9.59 Å². The highest BCUT2D eigenvalue weighted by Crippen LogP contribution is 2.32. The molecule has 30 heavy (non-hydrogen) atoms. The van der Waals surface area contributed by atoms with E-state index in [1.165, 1.54) is 31.2 Å². The molecule has 2 aliphatic carbocycles. The number of carbonyl (C=O) groups is 2. The van der Waals surface area contributed by atoms with Crippen molar-refractivity contribution in [1.82, 2.24) is 15.4 Å². The zero-order valence-corrected chi connectivity index (χ0v) is 17.7. The summed E-state index contributed by atoms with van der Waals surface area (Å²) in [4.78, 5) is 27.1. The number of carbonyl (C=O) groups excluding carboxylic acids is 2. The average molecular weight is 410 g/mol. The lowest BCUT2D eigenvalue weighted by Crippen LogP contribution is -2.32. The molecule has 0 saturated heterocycles. The second-order valence-corrected chi connectivity index (χ2v) is 8.79. The second-order valence-electron chi connectivity index (χ2n) is 8.79. The molecular weight excluding hydrogens is 378 g/mol. The average Bonchev–Trinajstić information content (AvgIpc) is 3.25. The van der Waals surface area contributed by atoms with Gasteiger partial charge in [0, 0.05) is 25.1 Å². The summed E-state index contributed by atoms with van der Waals surface area (Å²) in [5.74, 6) is 1.21. The van der Waals surface area contributed by atoms with E-state index in [1.807, 2.05) is 36.1 Å². The standard InChI is InChI=1S/C24H31N3O3/c1-17-6-8-19(9-7-17)15-25-24(29)22-14-21(30-26-22)16-27(20-11-12-20)23(28)13-10-18-4-2-3-5-18/h6-9,14,18,20H,2-5,10-13,15-16H2,1H3,(H,25,29). The van der Waals surface area contributed by atoms with Gasteiger partial charge in [0.25, 0.3) is 5.91 Å². The molecule has 1 heterocycles. The highest BCUT2D eigenvalue weighted by atomic mass is 16.5. The maximum Gasteiger partial charge on any atom is 0.273 e. The molecule has 0 spiro atoms. The van der Waals surface area contributed by atoms with Crippen LogP contribution in [0.1, 0.15) is 78.7 Å². The van der Waals surface area contributed by atoms with E-state index < -0.39 is 0 Å². The molecule has 0 radical (unpaired) electrons. The third kappa shape index (κ3) is 5.49. The lowest BCUT2D eigenvalue weighted by Gasteiger charge is -2.21. The van der Waals surface area contributed by atoms with E-state index in [2.05, 4.69) is 10.5 Å². The summed E-state index contributed by atoms with van der Waals surface area (Å²) < 4.78 is 5.39. The number of aryl methyl sites for hydroxylation is 1. The molecule has 0 bridgehead atoms. The number of aromatic nitrogens is 1. The molecule has 6 heteroatoms. The predicted molar refractivity (Wildman–Crippen MR) is 114 cm³/mol. The minimum absolute atomic E-state index is 0.200. The van der Waals surface area contributed by atoms with Crippen molar-refractivity contribution in [2.75, 3.05) is 0 Å². The first-order valence-corrected chi connectivity index (χ1v) is 11.2. The minimum Gasteiger partial charge on any atom is -0.359 e. The van der Waals surface area contributed by atoms with Gasteiger partial charge >= 0.3 is 0 Å². The molecule has 0 unspecified atom stereocenters. The maximum absolute atomic E-state index is 12.8. The van der Waals surface area contributed by atoms with Crippen LogP contribution in [0.4, 0.5) is 0 Å². The molecule has 2 aliphatic rings. The number of benzene rings is 1. The van der Waals surface area contributed by atoms with Gasteiger partial charge in [-0.2, -0.15) is 0 Å². The Morgan fingerprint density at radius 1 is 1.13 bits per heavy atom. The van der Waals surface area contributed by atoms with Gasteiger partial charge in [-0.05, 0) is 37.7 Å². The van der Waals surface area contributed by atoms with Gasteiger partial charge in [0.1, 0.15) is 0 Å². The molecule has 0 aliphatic heterocycles. The largest absolute Gasteiger partial charge is 0.359 e. The van der Waals surface area contributed by atoms with Crippen molar-refractivity contribution in [1.29, 1.82) is 0 Å². The monoisotopic (exact) mass is 409 g/mol. The van der Waals surface area contributed by atoms with Crippen LogP contribution in [0.3, 0.4) is 0 Å². The summed E-state index contributed by atoms with van der Waals surface area (Å²) in [5, 5.41) is 6.79. The molecule has 2 saturated carbocycles. The summed E-state index contributed by atoms with van der Waals surface area (Å²) in [6.07, 6.45) is 8.83. The molecule has 4 rings (SSSR count). The lowest BCUT2D eigenvalue weighted by molar-refractivity contribution is -0.133. The molecule has 2 fully saturated rings. The molecule has 6 nitrogen and oxygen atoms in total. The predicted octanol–water partition coefficient (Wildman–Crippen LogP) is 4.37. The number of hydrogen-bond donors (Lipinski definition) is 1.